The SMILES string of the molecule is O=C1C=Cc2cc(Br)c(Br)cc21. The molecule has 0 amide bonds. The van der Waals surface area contributed by atoms with Crippen LogP contribution in [-0.4, -0.2) is 5.78 Å². The van der Waals surface area contributed by atoms with Gasteiger partial charge in [0.15, 0.2) is 5.78 Å². The molecule has 1 aliphatic rings. The summed E-state index contributed by atoms with van der Waals surface area (Å²) in [5.41, 5.74) is 1.75. The lowest BCUT2D eigenvalue weighted by atomic mass is 10.1. The van der Waals surface area contributed by atoms with Gasteiger partial charge in [0.1, 0.15) is 0 Å². The van der Waals surface area contributed by atoms with Crippen LogP contribution in [0, 0.1) is 0 Å². The Bertz CT molecular complexity index is 394. The van der Waals surface area contributed by atoms with Gasteiger partial charge in [0.05, 0.1) is 0 Å². The van der Waals surface area contributed by atoms with E-state index in [0.717, 1.165) is 20.1 Å². The number of rotatable bonds is 0. The highest BCUT2D eigenvalue weighted by molar-refractivity contribution is 9.13. The van der Waals surface area contributed by atoms with E-state index in [1.807, 2.05) is 18.2 Å². The lowest BCUT2D eigenvalue weighted by molar-refractivity contribution is 0.105. The van der Waals surface area contributed by atoms with Crippen LogP contribution in [-0.2, 0) is 0 Å². The summed E-state index contributed by atoms with van der Waals surface area (Å²) in [5, 5.41) is 0. The predicted molar refractivity (Wildman–Crippen MR) is 55.2 cm³/mol. The molecule has 0 atom stereocenters. The normalized spacial score (nSPS) is 13.7. The molecule has 1 aliphatic carbocycles. The molecule has 1 aromatic rings. The largest absolute Gasteiger partial charge is 0.289 e. The summed E-state index contributed by atoms with van der Waals surface area (Å²) >= 11 is 6.73. The van der Waals surface area contributed by atoms with Crippen molar-refractivity contribution in [2.75, 3.05) is 0 Å². The van der Waals surface area contributed by atoms with Gasteiger partial charge >= 0.3 is 0 Å². The molecule has 1 aromatic carbocycles. The number of carbonyl (C=O) groups excluding carboxylic acids is 1. The third-order valence-corrected chi connectivity index (χ3v) is 3.62. The Kier molecular flexibility index (Phi) is 1.93. The van der Waals surface area contributed by atoms with Crippen molar-refractivity contribution in [1.29, 1.82) is 0 Å². The smallest absolute Gasteiger partial charge is 0.186 e. The number of hydrogen-bond donors (Lipinski definition) is 0. The summed E-state index contributed by atoms with van der Waals surface area (Å²) in [6, 6.07) is 3.77. The number of allylic oxidation sites excluding steroid dienone is 1. The minimum absolute atomic E-state index is 0.0817. The van der Waals surface area contributed by atoms with Gasteiger partial charge in [0.25, 0.3) is 0 Å². The van der Waals surface area contributed by atoms with Gasteiger partial charge < -0.3 is 0 Å². The Morgan fingerprint density at radius 1 is 1.00 bits per heavy atom. The summed E-state index contributed by atoms with van der Waals surface area (Å²) in [6.07, 6.45) is 3.42. The Morgan fingerprint density at radius 2 is 1.67 bits per heavy atom. The van der Waals surface area contributed by atoms with E-state index in [1.165, 1.54) is 0 Å². The zero-order valence-electron chi connectivity index (χ0n) is 5.97. The van der Waals surface area contributed by atoms with Gasteiger partial charge in [-0.25, -0.2) is 0 Å². The molecule has 0 N–H and O–H groups in total. The van der Waals surface area contributed by atoms with Crippen molar-refractivity contribution in [3.05, 3.63) is 38.3 Å². The summed E-state index contributed by atoms with van der Waals surface area (Å²) < 4.78 is 1.89. The number of halogens is 2. The maximum atomic E-state index is 11.2. The number of hydrogen-bond acceptors (Lipinski definition) is 1. The monoisotopic (exact) mass is 286 g/mol. The molecule has 12 heavy (non-hydrogen) atoms. The maximum Gasteiger partial charge on any atom is 0.186 e. The third kappa shape index (κ3) is 1.17. The molecule has 0 bridgehead atoms. The summed E-state index contributed by atoms with van der Waals surface area (Å²) in [7, 11) is 0. The van der Waals surface area contributed by atoms with Crippen molar-refractivity contribution in [1.82, 2.24) is 0 Å². The van der Waals surface area contributed by atoms with Gasteiger partial charge in [-0.2, -0.15) is 0 Å². The second kappa shape index (κ2) is 2.82. The van der Waals surface area contributed by atoms with Gasteiger partial charge in [0, 0.05) is 14.5 Å². The second-order valence-corrected chi connectivity index (χ2v) is 4.26. The molecule has 0 heterocycles. The van der Waals surface area contributed by atoms with Crippen molar-refractivity contribution in [3.8, 4) is 0 Å². The molecular formula is C9H4Br2O. The first-order valence-electron chi connectivity index (χ1n) is 3.40. The van der Waals surface area contributed by atoms with Crippen molar-refractivity contribution in [2.24, 2.45) is 0 Å². The Hall–Kier alpha value is -0.410. The molecule has 1 nitrogen and oxygen atoms in total. The molecule has 2 rings (SSSR count). The number of fused-ring (bicyclic) bond motifs is 1. The average Bonchev–Trinajstić information content (AvgIpc) is 2.35. The average molecular weight is 288 g/mol. The molecule has 60 valence electrons. The van der Waals surface area contributed by atoms with Crippen LogP contribution >= 0.6 is 31.9 Å². The second-order valence-electron chi connectivity index (χ2n) is 2.55. The zero-order valence-corrected chi connectivity index (χ0v) is 9.15. The van der Waals surface area contributed by atoms with Crippen molar-refractivity contribution >= 4 is 43.7 Å². The summed E-state index contributed by atoms with van der Waals surface area (Å²) in [6.45, 7) is 0. The highest BCUT2D eigenvalue weighted by atomic mass is 79.9. The fourth-order valence-electron chi connectivity index (χ4n) is 1.17. The van der Waals surface area contributed by atoms with E-state index in [0.29, 0.717) is 0 Å². The molecule has 0 aliphatic heterocycles. The molecule has 0 aromatic heterocycles. The van der Waals surface area contributed by atoms with E-state index in [4.69, 9.17) is 0 Å². The number of carbonyl (C=O) groups is 1. The first kappa shape index (κ1) is 8.20. The Morgan fingerprint density at radius 3 is 2.42 bits per heavy atom. The quantitative estimate of drug-likeness (QED) is 0.715. The Balaban J connectivity index is 2.69. The number of ketones is 1. The molecule has 0 saturated heterocycles. The van der Waals surface area contributed by atoms with Crippen LogP contribution < -0.4 is 0 Å². The van der Waals surface area contributed by atoms with Crippen LogP contribution in [0.2, 0.25) is 0 Å². The van der Waals surface area contributed by atoms with E-state index < -0.39 is 0 Å². The van der Waals surface area contributed by atoms with Crippen molar-refractivity contribution in [3.63, 3.8) is 0 Å². The van der Waals surface area contributed by atoms with Crippen molar-refractivity contribution in [2.45, 2.75) is 0 Å². The van der Waals surface area contributed by atoms with Crippen LogP contribution in [0.1, 0.15) is 15.9 Å². The van der Waals surface area contributed by atoms with E-state index in [2.05, 4.69) is 31.9 Å². The highest BCUT2D eigenvalue weighted by Crippen LogP contribution is 2.30. The first-order chi connectivity index (χ1) is 5.68. The zero-order chi connectivity index (χ0) is 8.72. The standard InChI is InChI=1S/C9H4Br2O/c10-7-3-5-1-2-9(12)6(5)4-8(7)11/h1-4H. The van der Waals surface area contributed by atoms with Crippen LogP contribution in [0.3, 0.4) is 0 Å². The lowest BCUT2D eigenvalue weighted by Crippen LogP contribution is -1.91. The predicted octanol–water partition coefficient (Wildman–Crippen LogP) is 3.42. The van der Waals surface area contributed by atoms with E-state index >= 15 is 0 Å². The van der Waals surface area contributed by atoms with Crippen molar-refractivity contribution < 1.29 is 4.79 Å². The van der Waals surface area contributed by atoms with E-state index in [9.17, 15) is 4.79 Å². The van der Waals surface area contributed by atoms with Crippen LogP contribution in [0.25, 0.3) is 6.08 Å². The third-order valence-electron chi connectivity index (χ3n) is 1.77. The molecule has 0 saturated carbocycles. The minimum atomic E-state index is 0.0817. The van der Waals surface area contributed by atoms with Crippen LogP contribution in [0.4, 0.5) is 0 Å². The molecule has 0 spiro atoms. The fraction of sp³-hybridized carbons (Fsp3) is 0. The Labute approximate surface area is 86.7 Å². The first-order valence-corrected chi connectivity index (χ1v) is 4.98. The molecular weight excluding hydrogens is 284 g/mol. The van der Waals surface area contributed by atoms with E-state index in [1.54, 1.807) is 6.08 Å². The fourth-order valence-corrected chi connectivity index (χ4v) is 1.87. The highest BCUT2D eigenvalue weighted by Gasteiger charge is 2.14. The van der Waals surface area contributed by atoms with Gasteiger partial charge in [-0.15, -0.1) is 0 Å². The topological polar surface area (TPSA) is 17.1 Å². The summed E-state index contributed by atoms with van der Waals surface area (Å²) in [5.74, 6) is 0.0817. The van der Waals surface area contributed by atoms with E-state index in [-0.39, 0.29) is 5.78 Å². The minimum Gasteiger partial charge on any atom is -0.289 e. The van der Waals surface area contributed by atoms with Crippen LogP contribution in [0.5, 0.6) is 0 Å². The lowest BCUT2D eigenvalue weighted by Gasteiger charge is -2.00. The molecule has 0 fully saturated rings. The summed E-state index contributed by atoms with van der Waals surface area (Å²) in [4.78, 5) is 11.2. The molecule has 3 heteroatoms. The maximum absolute atomic E-state index is 11.2. The molecule has 0 unspecified atom stereocenters. The van der Waals surface area contributed by atoms with Gasteiger partial charge in [-0.3, -0.25) is 4.79 Å². The molecule has 0 radical (unpaired) electrons. The van der Waals surface area contributed by atoms with Crippen LogP contribution in [0.15, 0.2) is 27.2 Å². The number of benzene rings is 1. The van der Waals surface area contributed by atoms with Gasteiger partial charge in [-0.1, -0.05) is 6.08 Å². The van der Waals surface area contributed by atoms with Gasteiger partial charge in [0.2, 0.25) is 0 Å². The van der Waals surface area contributed by atoms with Gasteiger partial charge in [-0.05, 0) is 55.6 Å².